The number of aryl methyl sites for hydroxylation is 3. The lowest BCUT2D eigenvalue weighted by molar-refractivity contribution is -0.115. The van der Waals surface area contributed by atoms with Gasteiger partial charge < -0.3 is 5.32 Å². The zero-order valence-electron chi connectivity index (χ0n) is 20.8. The lowest BCUT2D eigenvalue weighted by Gasteiger charge is -2.26. The fraction of sp³-hybridized carbons (Fsp3) is 0.333. The van der Waals surface area contributed by atoms with Crippen molar-refractivity contribution >= 4 is 35.0 Å². The molecule has 5 heteroatoms. The van der Waals surface area contributed by atoms with E-state index in [2.05, 4.69) is 37.4 Å². The molecule has 1 aliphatic heterocycles. The molecule has 1 heterocycles. The van der Waals surface area contributed by atoms with Crippen molar-refractivity contribution in [2.45, 2.75) is 58.2 Å². The second-order valence-corrected chi connectivity index (χ2v) is 10.4. The Morgan fingerprint density at radius 1 is 1.00 bits per heavy atom. The first kappa shape index (κ1) is 25.1. The highest BCUT2D eigenvalue weighted by Gasteiger charge is 2.34. The molecule has 35 heavy (non-hydrogen) atoms. The smallest absolute Gasteiger partial charge is 0.255 e. The van der Waals surface area contributed by atoms with Crippen LogP contribution < -0.4 is 10.2 Å². The summed E-state index contributed by atoms with van der Waals surface area (Å²) in [5, 5.41) is 2.92. The molecule has 0 saturated carbocycles. The molecule has 0 spiro atoms. The number of nitrogens with one attached hydrogen (secondary N) is 1. The number of hydrogen-bond donors (Lipinski definition) is 1. The Morgan fingerprint density at radius 2 is 1.80 bits per heavy atom. The van der Waals surface area contributed by atoms with E-state index in [0.717, 1.165) is 28.9 Å². The van der Waals surface area contributed by atoms with E-state index in [1.54, 1.807) is 11.8 Å². The van der Waals surface area contributed by atoms with Crippen molar-refractivity contribution in [2.75, 3.05) is 16.0 Å². The number of amides is 2. The molecular weight excluding hydrogens is 452 g/mol. The van der Waals surface area contributed by atoms with Crippen LogP contribution >= 0.6 is 11.8 Å². The van der Waals surface area contributed by atoms with Gasteiger partial charge in [0.1, 0.15) is 5.37 Å². The summed E-state index contributed by atoms with van der Waals surface area (Å²) < 4.78 is 0. The number of unbranched alkanes of at least 4 members (excludes halogenated alkanes) is 3. The van der Waals surface area contributed by atoms with E-state index < -0.39 is 0 Å². The van der Waals surface area contributed by atoms with Gasteiger partial charge in [0.15, 0.2) is 0 Å². The first-order valence-electron chi connectivity index (χ1n) is 12.5. The molecule has 0 radical (unpaired) electrons. The normalized spacial score (nSPS) is 15.5. The minimum Gasteiger partial charge on any atom is -0.322 e. The second-order valence-electron chi connectivity index (χ2n) is 9.30. The Morgan fingerprint density at radius 3 is 2.54 bits per heavy atom. The lowest BCUT2D eigenvalue weighted by Crippen LogP contribution is -2.28. The maximum atomic E-state index is 12.9. The molecule has 0 aromatic heterocycles. The van der Waals surface area contributed by atoms with Crippen LogP contribution in [0, 0.1) is 13.8 Å². The fourth-order valence-corrected chi connectivity index (χ4v) is 5.72. The predicted octanol–water partition coefficient (Wildman–Crippen LogP) is 7.46. The maximum Gasteiger partial charge on any atom is 0.255 e. The number of carbonyl (C=O) groups excluding carboxylic acids is 2. The summed E-state index contributed by atoms with van der Waals surface area (Å²) >= 11 is 1.62. The summed E-state index contributed by atoms with van der Waals surface area (Å²) in [6.45, 7) is 6.32. The molecule has 3 aromatic carbocycles. The van der Waals surface area contributed by atoms with E-state index in [0.29, 0.717) is 11.3 Å². The highest BCUT2D eigenvalue weighted by molar-refractivity contribution is 8.00. The molecule has 3 aromatic rings. The SMILES string of the molecule is CCCCCCc1ccc(C(=O)Nc2cccc(C3SCC(=O)N3c3ccc(C)cc3C)c2)cc1. The van der Waals surface area contributed by atoms with Crippen molar-refractivity contribution in [3.05, 3.63) is 94.5 Å². The summed E-state index contributed by atoms with van der Waals surface area (Å²) in [6, 6.07) is 21.9. The van der Waals surface area contributed by atoms with Crippen LogP contribution in [-0.4, -0.2) is 17.6 Å². The van der Waals surface area contributed by atoms with Gasteiger partial charge in [0.05, 0.1) is 5.75 Å². The Labute approximate surface area is 213 Å². The average molecular weight is 487 g/mol. The summed E-state index contributed by atoms with van der Waals surface area (Å²) in [4.78, 5) is 27.6. The minimum atomic E-state index is -0.124. The van der Waals surface area contributed by atoms with Gasteiger partial charge in [0, 0.05) is 16.9 Å². The van der Waals surface area contributed by atoms with E-state index in [1.807, 2.05) is 60.4 Å². The van der Waals surface area contributed by atoms with Crippen molar-refractivity contribution in [1.29, 1.82) is 0 Å². The van der Waals surface area contributed by atoms with Crippen LogP contribution in [0.25, 0.3) is 0 Å². The molecule has 1 atom stereocenters. The highest BCUT2D eigenvalue weighted by Crippen LogP contribution is 2.43. The van der Waals surface area contributed by atoms with Gasteiger partial charge in [-0.15, -0.1) is 11.8 Å². The van der Waals surface area contributed by atoms with Gasteiger partial charge in [-0.1, -0.05) is 68.1 Å². The molecule has 1 fully saturated rings. The number of rotatable bonds is 9. The maximum absolute atomic E-state index is 12.9. The number of benzene rings is 3. The van der Waals surface area contributed by atoms with Crippen molar-refractivity contribution in [3.63, 3.8) is 0 Å². The van der Waals surface area contributed by atoms with Gasteiger partial charge in [0.2, 0.25) is 5.91 Å². The van der Waals surface area contributed by atoms with Gasteiger partial charge in [-0.05, 0) is 73.7 Å². The van der Waals surface area contributed by atoms with E-state index in [4.69, 9.17) is 0 Å². The number of hydrogen-bond acceptors (Lipinski definition) is 3. The zero-order chi connectivity index (χ0) is 24.8. The third-order valence-electron chi connectivity index (χ3n) is 6.44. The van der Waals surface area contributed by atoms with Crippen molar-refractivity contribution < 1.29 is 9.59 Å². The van der Waals surface area contributed by atoms with E-state index in [-0.39, 0.29) is 17.2 Å². The number of nitrogens with zero attached hydrogens (tertiary/aromatic N) is 1. The van der Waals surface area contributed by atoms with Crippen LogP contribution in [0.1, 0.15) is 70.6 Å². The van der Waals surface area contributed by atoms with E-state index in [9.17, 15) is 9.59 Å². The van der Waals surface area contributed by atoms with Crippen LogP contribution in [-0.2, 0) is 11.2 Å². The van der Waals surface area contributed by atoms with Gasteiger partial charge in [-0.2, -0.15) is 0 Å². The molecule has 1 N–H and O–H groups in total. The summed E-state index contributed by atoms with van der Waals surface area (Å²) in [5.74, 6) is 0.427. The van der Waals surface area contributed by atoms with E-state index in [1.165, 1.54) is 36.8 Å². The van der Waals surface area contributed by atoms with Crippen LogP contribution in [0.2, 0.25) is 0 Å². The van der Waals surface area contributed by atoms with Crippen molar-refractivity contribution in [2.24, 2.45) is 0 Å². The summed E-state index contributed by atoms with van der Waals surface area (Å²) in [7, 11) is 0. The van der Waals surface area contributed by atoms with Crippen LogP contribution in [0.5, 0.6) is 0 Å². The molecule has 0 aliphatic carbocycles. The first-order valence-corrected chi connectivity index (χ1v) is 13.5. The summed E-state index contributed by atoms with van der Waals surface area (Å²) in [6.07, 6.45) is 6.00. The Bertz CT molecular complexity index is 1190. The average Bonchev–Trinajstić information content (AvgIpc) is 3.23. The van der Waals surface area contributed by atoms with Gasteiger partial charge in [-0.25, -0.2) is 0 Å². The molecule has 4 nitrogen and oxygen atoms in total. The molecule has 0 bridgehead atoms. The largest absolute Gasteiger partial charge is 0.322 e. The quantitative estimate of drug-likeness (QED) is 0.319. The van der Waals surface area contributed by atoms with Gasteiger partial charge >= 0.3 is 0 Å². The third kappa shape index (κ3) is 6.15. The van der Waals surface area contributed by atoms with Gasteiger partial charge in [0.25, 0.3) is 5.91 Å². The van der Waals surface area contributed by atoms with Gasteiger partial charge in [-0.3, -0.25) is 14.5 Å². The van der Waals surface area contributed by atoms with Crippen LogP contribution in [0.3, 0.4) is 0 Å². The number of thioether (sulfide) groups is 1. The standard InChI is InChI=1S/C30H34N2O2S/c1-4-5-6-7-9-23-13-15-24(16-14-23)29(34)31-26-11-8-10-25(19-26)30-32(28(33)20-35-30)27-17-12-21(2)18-22(27)3/h8,10-19,30H,4-7,9,20H2,1-3H3,(H,31,34). The molecule has 4 rings (SSSR count). The monoisotopic (exact) mass is 486 g/mol. The predicted molar refractivity (Wildman–Crippen MR) is 147 cm³/mol. The molecular formula is C30H34N2O2S. The lowest BCUT2D eigenvalue weighted by atomic mass is 10.0. The molecule has 1 saturated heterocycles. The Hall–Kier alpha value is -3.05. The van der Waals surface area contributed by atoms with E-state index >= 15 is 0 Å². The van der Waals surface area contributed by atoms with Crippen molar-refractivity contribution in [3.8, 4) is 0 Å². The Kier molecular flexibility index (Phi) is 8.29. The number of anilines is 2. The fourth-order valence-electron chi connectivity index (χ4n) is 4.56. The van der Waals surface area contributed by atoms with Crippen LogP contribution in [0.15, 0.2) is 66.7 Å². The molecule has 1 unspecified atom stereocenters. The van der Waals surface area contributed by atoms with Crippen molar-refractivity contribution in [1.82, 2.24) is 0 Å². The summed E-state index contributed by atoms with van der Waals surface area (Å²) in [5.41, 5.74) is 6.86. The number of carbonyl (C=O) groups is 2. The minimum absolute atomic E-state index is 0.108. The Balaban J connectivity index is 1.46. The topological polar surface area (TPSA) is 49.4 Å². The molecule has 182 valence electrons. The first-order chi connectivity index (χ1) is 17.0. The molecule has 2 amide bonds. The highest BCUT2D eigenvalue weighted by atomic mass is 32.2. The third-order valence-corrected chi connectivity index (χ3v) is 7.66. The molecule has 1 aliphatic rings. The zero-order valence-corrected chi connectivity index (χ0v) is 21.7. The second kappa shape index (κ2) is 11.6. The van der Waals surface area contributed by atoms with Crippen LogP contribution in [0.4, 0.5) is 11.4 Å².